The first-order valence-electron chi connectivity index (χ1n) is 4.56. The van der Waals surface area contributed by atoms with E-state index in [1.807, 2.05) is 24.3 Å². The lowest BCUT2D eigenvalue weighted by atomic mass is 10.1. The third-order valence-corrected chi connectivity index (χ3v) is 2.08. The minimum absolute atomic E-state index is 0. The fourth-order valence-corrected chi connectivity index (χ4v) is 1.23. The lowest BCUT2D eigenvalue weighted by Crippen LogP contribution is -2.33. The summed E-state index contributed by atoms with van der Waals surface area (Å²) in [6.45, 7) is 0. The van der Waals surface area contributed by atoms with Gasteiger partial charge in [0.25, 0.3) is 0 Å². The molecule has 3 nitrogen and oxygen atoms in total. The molecule has 0 spiro atoms. The molecular weight excluding hydrogens is 226 g/mol. The van der Waals surface area contributed by atoms with E-state index in [1.165, 1.54) is 7.11 Å². The second-order valence-corrected chi connectivity index (χ2v) is 3.18. The number of methoxy groups -OCH3 is 1. The van der Waals surface area contributed by atoms with Gasteiger partial charge in [-0.25, -0.2) is 0 Å². The van der Waals surface area contributed by atoms with Crippen molar-refractivity contribution in [3.05, 3.63) is 35.4 Å². The van der Waals surface area contributed by atoms with Gasteiger partial charge in [-0.3, -0.25) is 4.79 Å². The highest BCUT2D eigenvalue weighted by Crippen LogP contribution is 2.06. The van der Waals surface area contributed by atoms with Gasteiger partial charge < -0.3 is 10.5 Å². The highest BCUT2D eigenvalue weighted by molar-refractivity contribution is 5.85. The van der Waals surface area contributed by atoms with Crippen LogP contribution in [-0.2, 0) is 16.0 Å². The molecule has 0 radical (unpaired) electrons. The van der Waals surface area contributed by atoms with Crippen molar-refractivity contribution in [2.45, 2.75) is 12.5 Å². The third kappa shape index (κ3) is 3.93. The monoisotopic (exact) mass is 239 g/mol. The van der Waals surface area contributed by atoms with Crippen LogP contribution in [-0.4, -0.2) is 19.1 Å². The summed E-state index contributed by atoms with van der Waals surface area (Å²) < 4.78 is 4.53. The Balaban J connectivity index is 0.00000225. The highest BCUT2D eigenvalue weighted by atomic mass is 35.5. The molecule has 1 aromatic rings. The molecular formula is C12H14ClNO2. The predicted octanol–water partition coefficient (Wildman–Crippen LogP) is 1.13. The first kappa shape index (κ1) is 14.5. The van der Waals surface area contributed by atoms with Crippen LogP contribution in [0.15, 0.2) is 24.3 Å². The number of carbonyl (C=O) groups is 1. The van der Waals surface area contributed by atoms with Crippen molar-refractivity contribution >= 4 is 18.4 Å². The fraction of sp³-hybridized carbons (Fsp3) is 0.250. The maximum Gasteiger partial charge on any atom is 0.322 e. The Morgan fingerprint density at radius 2 is 2.06 bits per heavy atom. The smallest absolute Gasteiger partial charge is 0.322 e. The summed E-state index contributed by atoms with van der Waals surface area (Å²) in [5.41, 5.74) is 7.39. The molecule has 16 heavy (non-hydrogen) atoms. The number of carbonyl (C=O) groups excluding carboxylic acids is 1. The van der Waals surface area contributed by atoms with Gasteiger partial charge in [-0.2, -0.15) is 0 Å². The summed E-state index contributed by atoms with van der Waals surface area (Å²) in [5, 5.41) is 0. The number of hydrogen-bond donors (Lipinski definition) is 1. The molecule has 4 heteroatoms. The summed E-state index contributed by atoms with van der Waals surface area (Å²) in [6, 6.07) is 6.74. The van der Waals surface area contributed by atoms with E-state index in [9.17, 15) is 4.79 Å². The lowest BCUT2D eigenvalue weighted by Gasteiger charge is -2.08. The molecule has 0 saturated carbocycles. The van der Waals surface area contributed by atoms with Gasteiger partial charge in [0, 0.05) is 5.56 Å². The number of benzene rings is 1. The van der Waals surface area contributed by atoms with Crippen LogP contribution >= 0.6 is 12.4 Å². The van der Waals surface area contributed by atoms with Gasteiger partial charge in [-0.1, -0.05) is 18.1 Å². The van der Waals surface area contributed by atoms with Crippen LogP contribution < -0.4 is 5.73 Å². The average Bonchev–Trinajstić information content (AvgIpc) is 2.29. The second-order valence-electron chi connectivity index (χ2n) is 3.18. The van der Waals surface area contributed by atoms with Crippen LogP contribution in [0.3, 0.4) is 0 Å². The zero-order chi connectivity index (χ0) is 11.3. The van der Waals surface area contributed by atoms with Gasteiger partial charge >= 0.3 is 5.97 Å². The maximum atomic E-state index is 11.1. The molecule has 1 atom stereocenters. The van der Waals surface area contributed by atoms with E-state index in [1.54, 1.807) is 0 Å². The maximum absolute atomic E-state index is 11.1. The largest absolute Gasteiger partial charge is 0.468 e. The van der Waals surface area contributed by atoms with Gasteiger partial charge in [-0.05, 0) is 24.1 Å². The molecule has 0 heterocycles. The van der Waals surface area contributed by atoms with Crippen LogP contribution in [0.25, 0.3) is 0 Å². The van der Waals surface area contributed by atoms with Crippen LogP contribution in [0.2, 0.25) is 0 Å². The van der Waals surface area contributed by atoms with E-state index >= 15 is 0 Å². The van der Waals surface area contributed by atoms with Crippen molar-refractivity contribution in [2.24, 2.45) is 5.73 Å². The topological polar surface area (TPSA) is 52.3 Å². The quantitative estimate of drug-likeness (QED) is 0.636. The molecule has 0 aliphatic heterocycles. The molecule has 0 aliphatic carbocycles. The van der Waals surface area contributed by atoms with Crippen molar-refractivity contribution in [2.75, 3.05) is 7.11 Å². The number of rotatable bonds is 3. The molecule has 0 unspecified atom stereocenters. The standard InChI is InChI=1S/C12H13NO2.ClH/c1-3-9-4-6-10(7-5-9)8-11(13)12(14)15-2;/h1,4-7,11H,8,13H2,2H3;1H/t11-;/m1./s1. The first-order valence-corrected chi connectivity index (χ1v) is 4.56. The normalized spacial score (nSPS) is 10.8. The van der Waals surface area contributed by atoms with Gasteiger partial charge in [0.15, 0.2) is 0 Å². The molecule has 0 aromatic heterocycles. The Labute approximate surface area is 101 Å². The van der Waals surface area contributed by atoms with Gasteiger partial charge in [-0.15, -0.1) is 18.8 Å². The van der Waals surface area contributed by atoms with Crippen LogP contribution in [0.5, 0.6) is 0 Å². The molecule has 1 aromatic carbocycles. The molecule has 86 valence electrons. The van der Waals surface area contributed by atoms with E-state index in [0.717, 1.165) is 11.1 Å². The average molecular weight is 240 g/mol. The highest BCUT2D eigenvalue weighted by Gasteiger charge is 2.13. The lowest BCUT2D eigenvalue weighted by molar-refractivity contribution is -0.142. The van der Waals surface area contributed by atoms with E-state index < -0.39 is 12.0 Å². The first-order chi connectivity index (χ1) is 7.17. The van der Waals surface area contributed by atoms with E-state index in [4.69, 9.17) is 12.2 Å². The summed E-state index contributed by atoms with van der Waals surface area (Å²) in [5.74, 6) is 2.11. The predicted molar refractivity (Wildman–Crippen MR) is 65.3 cm³/mol. The van der Waals surface area contributed by atoms with Gasteiger partial charge in [0.1, 0.15) is 6.04 Å². The summed E-state index contributed by atoms with van der Waals surface area (Å²) in [4.78, 5) is 11.1. The van der Waals surface area contributed by atoms with Crippen molar-refractivity contribution in [3.8, 4) is 12.3 Å². The number of ether oxygens (including phenoxy) is 1. The summed E-state index contributed by atoms with van der Waals surface area (Å²) >= 11 is 0. The Hall–Kier alpha value is -1.50. The van der Waals surface area contributed by atoms with Crippen molar-refractivity contribution in [3.63, 3.8) is 0 Å². The minimum atomic E-state index is -0.619. The fourth-order valence-electron chi connectivity index (χ4n) is 1.23. The molecule has 0 fully saturated rings. The van der Waals surface area contributed by atoms with E-state index in [0.29, 0.717) is 6.42 Å². The Morgan fingerprint density at radius 1 is 1.50 bits per heavy atom. The van der Waals surface area contributed by atoms with Crippen molar-refractivity contribution in [1.82, 2.24) is 0 Å². The molecule has 2 N–H and O–H groups in total. The Morgan fingerprint density at radius 3 is 2.50 bits per heavy atom. The molecule has 0 aliphatic rings. The minimum Gasteiger partial charge on any atom is -0.468 e. The number of nitrogens with two attached hydrogens (primary N) is 1. The van der Waals surface area contributed by atoms with Crippen LogP contribution in [0, 0.1) is 12.3 Å². The van der Waals surface area contributed by atoms with Crippen LogP contribution in [0.4, 0.5) is 0 Å². The molecule has 0 saturated heterocycles. The van der Waals surface area contributed by atoms with E-state index in [-0.39, 0.29) is 12.4 Å². The zero-order valence-electron chi connectivity index (χ0n) is 8.97. The SMILES string of the molecule is C#Cc1ccc(C[C@@H](N)C(=O)OC)cc1.Cl. The Kier molecular flexibility index (Phi) is 6.24. The molecule has 0 bridgehead atoms. The van der Waals surface area contributed by atoms with Gasteiger partial charge in [0.05, 0.1) is 7.11 Å². The molecule has 1 rings (SSSR count). The van der Waals surface area contributed by atoms with Crippen molar-refractivity contribution < 1.29 is 9.53 Å². The molecule has 0 amide bonds. The summed E-state index contributed by atoms with van der Waals surface area (Å²) in [7, 11) is 1.32. The number of halogens is 1. The second kappa shape index (κ2) is 6.89. The summed E-state index contributed by atoms with van der Waals surface area (Å²) in [6.07, 6.45) is 5.68. The third-order valence-electron chi connectivity index (χ3n) is 2.08. The zero-order valence-corrected chi connectivity index (χ0v) is 9.79. The van der Waals surface area contributed by atoms with E-state index in [2.05, 4.69) is 10.7 Å². The number of esters is 1. The number of hydrogen-bond acceptors (Lipinski definition) is 3. The number of terminal acetylenes is 1. The Bertz CT molecular complexity index is 381. The van der Waals surface area contributed by atoms with Crippen molar-refractivity contribution in [1.29, 1.82) is 0 Å². The van der Waals surface area contributed by atoms with Gasteiger partial charge in [0.2, 0.25) is 0 Å². The van der Waals surface area contributed by atoms with Crippen LogP contribution in [0.1, 0.15) is 11.1 Å².